The van der Waals surface area contributed by atoms with Gasteiger partial charge in [-0.3, -0.25) is 4.79 Å². The van der Waals surface area contributed by atoms with Gasteiger partial charge in [-0.05, 0) is 25.8 Å². The third kappa shape index (κ3) is 6.38. The van der Waals surface area contributed by atoms with Crippen molar-refractivity contribution in [2.24, 2.45) is 0 Å². The van der Waals surface area contributed by atoms with Crippen LogP contribution in [0.15, 0.2) is 0 Å². The molecule has 1 fully saturated rings. The average molecular weight is 244 g/mol. The van der Waals surface area contributed by atoms with E-state index in [0.717, 1.165) is 19.5 Å². The van der Waals surface area contributed by atoms with Crippen LogP contribution in [-0.4, -0.2) is 35.5 Å². The molecule has 1 rings (SSSR count). The summed E-state index contributed by atoms with van der Waals surface area (Å²) in [5, 5.41) is 6.41. The van der Waals surface area contributed by atoms with Gasteiger partial charge in [-0.1, -0.05) is 20.8 Å². The van der Waals surface area contributed by atoms with Crippen molar-refractivity contribution in [2.45, 2.75) is 50.8 Å². The molecule has 0 bridgehead atoms. The summed E-state index contributed by atoms with van der Waals surface area (Å²) < 4.78 is 0.171. The first-order valence-electron chi connectivity index (χ1n) is 6.11. The Morgan fingerprint density at radius 3 is 2.81 bits per heavy atom. The SMILES string of the molecule is CC(C)(C)SCC(=O)NCC[C@H]1CCCN1. The highest BCUT2D eigenvalue weighted by molar-refractivity contribution is 8.01. The summed E-state index contributed by atoms with van der Waals surface area (Å²) in [6.07, 6.45) is 3.59. The second-order valence-corrected chi connectivity index (χ2v) is 7.14. The minimum atomic E-state index is 0.165. The first kappa shape index (κ1) is 13.8. The minimum Gasteiger partial charge on any atom is -0.355 e. The molecule has 0 radical (unpaired) electrons. The fourth-order valence-corrected chi connectivity index (χ4v) is 2.39. The van der Waals surface area contributed by atoms with Crippen LogP contribution in [0, 0.1) is 0 Å². The van der Waals surface area contributed by atoms with Crippen LogP contribution in [0.1, 0.15) is 40.0 Å². The van der Waals surface area contributed by atoms with Gasteiger partial charge in [-0.2, -0.15) is 0 Å². The third-order valence-electron chi connectivity index (χ3n) is 2.61. The third-order valence-corrected chi connectivity index (χ3v) is 3.89. The monoisotopic (exact) mass is 244 g/mol. The van der Waals surface area contributed by atoms with Crippen molar-refractivity contribution in [3.05, 3.63) is 0 Å². The number of hydrogen-bond donors (Lipinski definition) is 2. The number of nitrogens with one attached hydrogen (secondary N) is 2. The van der Waals surface area contributed by atoms with Crippen molar-refractivity contribution in [1.29, 1.82) is 0 Å². The lowest BCUT2D eigenvalue weighted by molar-refractivity contribution is -0.118. The van der Waals surface area contributed by atoms with Gasteiger partial charge in [0, 0.05) is 17.3 Å². The molecule has 1 amide bonds. The molecule has 94 valence electrons. The highest BCUT2D eigenvalue weighted by Gasteiger charge is 2.15. The molecule has 0 saturated carbocycles. The maximum Gasteiger partial charge on any atom is 0.230 e. The Balaban J connectivity index is 2.01. The van der Waals surface area contributed by atoms with Crippen molar-refractivity contribution in [2.75, 3.05) is 18.8 Å². The van der Waals surface area contributed by atoms with E-state index >= 15 is 0 Å². The number of carbonyl (C=O) groups excluding carboxylic acids is 1. The number of amides is 1. The molecule has 1 atom stereocenters. The predicted molar refractivity (Wildman–Crippen MR) is 70.9 cm³/mol. The van der Waals surface area contributed by atoms with E-state index in [0.29, 0.717) is 11.8 Å². The van der Waals surface area contributed by atoms with Crippen LogP contribution in [-0.2, 0) is 4.79 Å². The molecular formula is C12H24N2OS. The van der Waals surface area contributed by atoms with Crippen LogP contribution >= 0.6 is 11.8 Å². The van der Waals surface area contributed by atoms with E-state index in [-0.39, 0.29) is 10.7 Å². The van der Waals surface area contributed by atoms with Crippen LogP contribution in [0.25, 0.3) is 0 Å². The first-order valence-corrected chi connectivity index (χ1v) is 7.10. The fourth-order valence-electron chi connectivity index (χ4n) is 1.72. The zero-order chi connectivity index (χ0) is 12.0. The Hall–Kier alpha value is -0.220. The zero-order valence-electron chi connectivity index (χ0n) is 10.6. The number of hydrogen-bond acceptors (Lipinski definition) is 3. The van der Waals surface area contributed by atoms with Gasteiger partial charge in [0.15, 0.2) is 0 Å². The topological polar surface area (TPSA) is 41.1 Å². The Morgan fingerprint density at radius 2 is 2.25 bits per heavy atom. The summed E-state index contributed by atoms with van der Waals surface area (Å²) >= 11 is 1.70. The molecular weight excluding hydrogens is 220 g/mol. The Bertz CT molecular complexity index is 220. The summed E-state index contributed by atoms with van der Waals surface area (Å²) in [6.45, 7) is 8.34. The summed E-state index contributed by atoms with van der Waals surface area (Å²) in [7, 11) is 0. The molecule has 0 aromatic carbocycles. The maximum atomic E-state index is 11.5. The van der Waals surface area contributed by atoms with Crippen molar-refractivity contribution in [3.63, 3.8) is 0 Å². The van der Waals surface area contributed by atoms with E-state index in [1.165, 1.54) is 12.8 Å². The molecule has 0 aromatic heterocycles. The van der Waals surface area contributed by atoms with E-state index < -0.39 is 0 Å². The molecule has 0 unspecified atom stereocenters. The van der Waals surface area contributed by atoms with Gasteiger partial charge in [0.05, 0.1) is 5.75 Å². The highest BCUT2D eigenvalue weighted by Crippen LogP contribution is 2.22. The van der Waals surface area contributed by atoms with Crippen LogP contribution in [0.2, 0.25) is 0 Å². The fraction of sp³-hybridized carbons (Fsp3) is 0.917. The number of carbonyl (C=O) groups is 1. The Labute approximate surface area is 103 Å². The van der Waals surface area contributed by atoms with Crippen LogP contribution in [0.4, 0.5) is 0 Å². The maximum absolute atomic E-state index is 11.5. The summed E-state index contributed by atoms with van der Waals surface area (Å²) in [6, 6.07) is 0.621. The van der Waals surface area contributed by atoms with Gasteiger partial charge in [-0.25, -0.2) is 0 Å². The van der Waals surface area contributed by atoms with Crippen molar-refractivity contribution >= 4 is 17.7 Å². The second kappa shape index (κ2) is 6.50. The lowest BCUT2D eigenvalue weighted by Crippen LogP contribution is -2.32. The van der Waals surface area contributed by atoms with E-state index in [2.05, 4.69) is 31.4 Å². The molecule has 1 aliphatic rings. The molecule has 3 nitrogen and oxygen atoms in total. The quantitative estimate of drug-likeness (QED) is 0.774. The smallest absolute Gasteiger partial charge is 0.230 e. The second-order valence-electron chi connectivity index (χ2n) is 5.33. The molecule has 1 saturated heterocycles. The van der Waals surface area contributed by atoms with E-state index in [1.54, 1.807) is 11.8 Å². The molecule has 16 heavy (non-hydrogen) atoms. The normalized spacial score (nSPS) is 21.1. The highest BCUT2D eigenvalue weighted by atomic mass is 32.2. The molecule has 0 aromatic rings. The predicted octanol–water partition coefficient (Wildman–Crippen LogP) is 1.78. The molecule has 1 heterocycles. The first-order chi connectivity index (χ1) is 7.47. The van der Waals surface area contributed by atoms with Gasteiger partial charge in [0.2, 0.25) is 5.91 Å². The lowest BCUT2D eigenvalue weighted by atomic mass is 10.1. The van der Waals surface area contributed by atoms with Gasteiger partial charge >= 0.3 is 0 Å². The lowest BCUT2D eigenvalue weighted by Gasteiger charge is -2.17. The van der Waals surface area contributed by atoms with Crippen molar-refractivity contribution in [1.82, 2.24) is 10.6 Å². The standard InChI is InChI=1S/C12H24N2OS/c1-12(2,3)16-9-11(15)14-8-6-10-5-4-7-13-10/h10,13H,4-9H2,1-3H3,(H,14,15)/t10-/m1/s1. The largest absolute Gasteiger partial charge is 0.355 e. The molecule has 4 heteroatoms. The average Bonchev–Trinajstić information content (AvgIpc) is 2.66. The van der Waals surface area contributed by atoms with E-state index in [9.17, 15) is 4.79 Å². The van der Waals surface area contributed by atoms with Crippen LogP contribution in [0.5, 0.6) is 0 Å². The summed E-state index contributed by atoms with van der Waals surface area (Å²) in [5.41, 5.74) is 0. The van der Waals surface area contributed by atoms with E-state index in [4.69, 9.17) is 0 Å². The minimum absolute atomic E-state index is 0.165. The van der Waals surface area contributed by atoms with Gasteiger partial charge in [0.25, 0.3) is 0 Å². The molecule has 0 aliphatic carbocycles. The number of thioether (sulfide) groups is 1. The van der Waals surface area contributed by atoms with Gasteiger partial charge in [-0.15, -0.1) is 11.8 Å². The zero-order valence-corrected chi connectivity index (χ0v) is 11.5. The van der Waals surface area contributed by atoms with Gasteiger partial charge in [0.1, 0.15) is 0 Å². The number of rotatable bonds is 5. The molecule has 0 spiro atoms. The van der Waals surface area contributed by atoms with Crippen molar-refractivity contribution < 1.29 is 4.79 Å². The summed E-state index contributed by atoms with van der Waals surface area (Å²) in [4.78, 5) is 11.5. The Kier molecular flexibility index (Phi) is 5.62. The van der Waals surface area contributed by atoms with Crippen LogP contribution < -0.4 is 10.6 Å². The Morgan fingerprint density at radius 1 is 1.50 bits per heavy atom. The van der Waals surface area contributed by atoms with Gasteiger partial charge < -0.3 is 10.6 Å². The van der Waals surface area contributed by atoms with E-state index in [1.807, 2.05) is 0 Å². The van der Waals surface area contributed by atoms with Crippen molar-refractivity contribution in [3.8, 4) is 0 Å². The summed E-state index contributed by atoms with van der Waals surface area (Å²) in [5.74, 6) is 0.736. The molecule has 2 N–H and O–H groups in total. The molecule has 1 aliphatic heterocycles. The van der Waals surface area contributed by atoms with Crippen LogP contribution in [0.3, 0.4) is 0 Å².